The number of nitrogens with zero attached hydrogens (tertiary/aromatic N) is 6. The number of hydrogen-bond donors (Lipinski definition) is 0. The van der Waals surface area contributed by atoms with Crippen molar-refractivity contribution in [1.82, 2.24) is 24.1 Å². The Labute approximate surface area is 163 Å². The zero-order valence-electron chi connectivity index (χ0n) is 16.3. The largest absolute Gasteiger partial charge is 0.378 e. The molecule has 0 bridgehead atoms. The standard InChI is InChI=1S/C21H24N6O/c1-3-15-13-20-23-19(14-21(27(20)24-15)25-9-11-28-12-10-25)26-17-8-6-5-7-16(17)22-18(26)4-2/h5-8,13-14H,3-4,9-12H2,1-2H3. The number of rotatable bonds is 4. The highest BCUT2D eigenvalue weighted by molar-refractivity contribution is 5.78. The van der Waals surface area contributed by atoms with E-state index in [9.17, 15) is 0 Å². The van der Waals surface area contributed by atoms with Crippen LogP contribution in [0.5, 0.6) is 0 Å². The highest BCUT2D eigenvalue weighted by atomic mass is 16.5. The lowest BCUT2D eigenvalue weighted by molar-refractivity contribution is 0.122. The van der Waals surface area contributed by atoms with Gasteiger partial charge in [-0.05, 0) is 18.6 Å². The molecule has 0 radical (unpaired) electrons. The fourth-order valence-corrected chi connectivity index (χ4v) is 3.87. The lowest BCUT2D eigenvalue weighted by Crippen LogP contribution is -2.37. The third kappa shape index (κ3) is 2.74. The molecule has 5 rings (SSSR count). The van der Waals surface area contributed by atoms with Gasteiger partial charge in [0.2, 0.25) is 0 Å². The Morgan fingerprint density at radius 1 is 1.00 bits per heavy atom. The van der Waals surface area contributed by atoms with E-state index in [2.05, 4.69) is 53.6 Å². The number of morpholine rings is 1. The van der Waals surface area contributed by atoms with Crippen LogP contribution in [-0.4, -0.2) is 50.5 Å². The lowest BCUT2D eigenvalue weighted by Gasteiger charge is -2.29. The molecule has 0 aliphatic carbocycles. The topological polar surface area (TPSA) is 60.5 Å². The van der Waals surface area contributed by atoms with Crippen molar-refractivity contribution in [2.24, 2.45) is 0 Å². The summed E-state index contributed by atoms with van der Waals surface area (Å²) in [5.41, 5.74) is 4.00. The molecule has 1 aliphatic rings. The first-order valence-corrected chi connectivity index (χ1v) is 9.97. The molecule has 1 aromatic carbocycles. The van der Waals surface area contributed by atoms with E-state index in [0.29, 0.717) is 0 Å². The number of hydrogen-bond acceptors (Lipinski definition) is 5. The van der Waals surface area contributed by atoms with Crippen molar-refractivity contribution in [2.45, 2.75) is 26.7 Å². The van der Waals surface area contributed by atoms with E-state index in [1.165, 1.54) is 0 Å². The van der Waals surface area contributed by atoms with E-state index >= 15 is 0 Å². The van der Waals surface area contributed by atoms with Crippen LogP contribution in [0.4, 0.5) is 5.82 Å². The summed E-state index contributed by atoms with van der Waals surface area (Å²) in [7, 11) is 0. The first-order valence-electron chi connectivity index (χ1n) is 9.97. The van der Waals surface area contributed by atoms with Gasteiger partial charge in [0.25, 0.3) is 0 Å². The third-order valence-corrected chi connectivity index (χ3v) is 5.32. The van der Waals surface area contributed by atoms with E-state index < -0.39 is 0 Å². The van der Waals surface area contributed by atoms with Gasteiger partial charge in [-0.1, -0.05) is 26.0 Å². The van der Waals surface area contributed by atoms with Crippen LogP contribution in [0, 0.1) is 0 Å². The SMILES string of the molecule is CCc1cc2nc(-n3c(CC)nc4ccccc43)cc(N3CCOCC3)n2n1. The van der Waals surface area contributed by atoms with E-state index in [1.807, 2.05) is 10.6 Å². The Morgan fingerprint density at radius 3 is 2.61 bits per heavy atom. The van der Waals surface area contributed by atoms with E-state index in [-0.39, 0.29) is 0 Å². The maximum absolute atomic E-state index is 5.55. The van der Waals surface area contributed by atoms with Gasteiger partial charge in [0.1, 0.15) is 17.5 Å². The Balaban J connectivity index is 1.76. The molecule has 1 fully saturated rings. The molecule has 0 atom stereocenters. The van der Waals surface area contributed by atoms with Crippen molar-refractivity contribution in [1.29, 1.82) is 0 Å². The summed E-state index contributed by atoms with van der Waals surface area (Å²) in [6, 6.07) is 12.5. The minimum atomic E-state index is 0.731. The Morgan fingerprint density at radius 2 is 1.82 bits per heavy atom. The monoisotopic (exact) mass is 376 g/mol. The van der Waals surface area contributed by atoms with E-state index in [1.54, 1.807) is 0 Å². The van der Waals surface area contributed by atoms with Gasteiger partial charge in [0, 0.05) is 31.6 Å². The van der Waals surface area contributed by atoms with Gasteiger partial charge >= 0.3 is 0 Å². The number of aryl methyl sites for hydroxylation is 2. The van der Waals surface area contributed by atoms with Crippen molar-refractivity contribution in [3.05, 3.63) is 47.9 Å². The van der Waals surface area contributed by atoms with Crippen molar-refractivity contribution in [3.63, 3.8) is 0 Å². The second-order valence-electron chi connectivity index (χ2n) is 7.04. The third-order valence-electron chi connectivity index (χ3n) is 5.32. The molecule has 0 saturated carbocycles. The van der Waals surface area contributed by atoms with Crippen molar-refractivity contribution in [2.75, 3.05) is 31.2 Å². The van der Waals surface area contributed by atoms with Crippen LogP contribution >= 0.6 is 0 Å². The predicted molar refractivity (Wildman–Crippen MR) is 109 cm³/mol. The van der Waals surface area contributed by atoms with Gasteiger partial charge in [0.15, 0.2) is 5.65 Å². The van der Waals surface area contributed by atoms with E-state index in [4.69, 9.17) is 19.8 Å². The lowest BCUT2D eigenvalue weighted by atomic mass is 10.3. The number of aromatic nitrogens is 5. The van der Waals surface area contributed by atoms with Crippen LogP contribution in [-0.2, 0) is 17.6 Å². The second kappa shape index (κ2) is 6.91. The normalized spacial score (nSPS) is 15.0. The number of benzene rings is 1. The van der Waals surface area contributed by atoms with Crippen LogP contribution in [0.3, 0.4) is 0 Å². The number of anilines is 1. The minimum Gasteiger partial charge on any atom is -0.378 e. The number of fused-ring (bicyclic) bond motifs is 2. The predicted octanol–water partition coefficient (Wildman–Crippen LogP) is 3.03. The van der Waals surface area contributed by atoms with Crippen molar-refractivity contribution in [3.8, 4) is 5.82 Å². The van der Waals surface area contributed by atoms with Gasteiger partial charge in [-0.2, -0.15) is 9.61 Å². The molecular formula is C21H24N6O. The summed E-state index contributed by atoms with van der Waals surface area (Å²) in [4.78, 5) is 12.1. The minimum absolute atomic E-state index is 0.731. The molecule has 0 N–H and O–H groups in total. The van der Waals surface area contributed by atoms with Crippen LogP contribution in [0.1, 0.15) is 25.4 Å². The molecule has 0 amide bonds. The summed E-state index contributed by atoms with van der Waals surface area (Å²) in [6.07, 6.45) is 1.73. The summed E-state index contributed by atoms with van der Waals surface area (Å²) in [5, 5.41) is 4.78. The fraction of sp³-hybridized carbons (Fsp3) is 0.381. The number of para-hydroxylation sites is 2. The first-order chi connectivity index (χ1) is 13.8. The van der Waals surface area contributed by atoms with Crippen LogP contribution in [0.15, 0.2) is 36.4 Å². The summed E-state index contributed by atoms with van der Waals surface area (Å²) in [5.74, 6) is 2.96. The Bertz CT molecular complexity index is 1140. The molecule has 1 aliphatic heterocycles. The smallest absolute Gasteiger partial charge is 0.160 e. The van der Waals surface area contributed by atoms with Gasteiger partial charge < -0.3 is 9.64 Å². The molecule has 4 heterocycles. The molecule has 0 spiro atoms. The summed E-state index contributed by atoms with van der Waals surface area (Å²) >= 11 is 0. The average molecular weight is 376 g/mol. The molecule has 144 valence electrons. The van der Waals surface area contributed by atoms with Crippen LogP contribution < -0.4 is 4.90 Å². The summed E-state index contributed by atoms with van der Waals surface area (Å²) < 4.78 is 9.70. The van der Waals surface area contributed by atoms with Crippen molar-refractivity contribution >= 4 is 22.5 Å². The highest BCUT2D eigenvalue weighted by Gasteiger charge is 2.20. The van der Waals surface area contributed by atoms with Crippen LogP contribution in [0.25, 0.3) is 22.5 Å². The average Bonchev–Trinajstić information content (AvgIpc) is 3.34. The molecular weight excluding hydrogens is 352 g/mol. The molecule has 1 saturated heterocycles. The molecule has 3 aromatic heterocycles. The van der Waals surface area contributed by atoms with Gasteiger partial charge in [0.05, 0.1) is 29.9 Å². The highest BCUT2D eigenvalue weighted by Crippen LogP contribution is 2.26. The Hall–Kier alpha value is -2.93. The Kier molecular flexibility index (Phi) is 4.24. The zero-order chi connectivity index (χ0) is 19.1. The molecule has 0 unspecified atom stereocenters. The zero-order valence-corrected chi connectivity index (χ0v) is 16.3. The number of ether oxygens (including phenoxy) is 1. The molecule has 28 heavy (non-hydrogen) atoms. The summed E-state index contributed by atoms with van der Waals surface area (Å²) in [6.45, 7) is 7.42. The maximum atomic E-state index is 5.55. The molecule has 4 aromatic rings. The maximum Gasteiger partial charge on any atom is 0.160 e. The van der Waals surface area contributed by atoms with Crippen LogP contribution in [0.2, 0.25) is 0 Å². The van der Waals surface area contributed by atoms with Crippen molar-refractivity contribution < 1.29 is 4.74 Å². The van der Waals surface area contributed by atoms with Gasteiger partial charge in [-0.15, -0.1) is 0 Å². The fourth-order valence-electron chi connectivity index (χ4n) is 3.87. The number of imidazole rings is 1. The van der Waals surface area contributed by atoms with E-state index in [0.717, 1.165) is 79.0 Å². The molecule has 7 heteroatoms. The first kappa shape index (κ1) is 17.2. The second-order valence-corrected chi connectivity index (χ2v) is 7.04. The molecule has 7 nitrogen and oxygen atoms in total. The van der Waals surface area contributed by atoms with Gasteiger partial charge in [-0.25, -0.2) is 9.97 Å². The quantitative estimate of drug-likeness (QED) is 0.548. The van der Waals surface area contributed by atoms with Gasteiger partial charge in [-0.3, -0.25) is 4.57 Å².